The molecule has 12 rings (SSSR count). The SMILES string of the molecule is c1ccc(-c2nc(-c3ccccc3)nc(-c3ccc4c(c3)c3cccc5c3n4-c3c(sc4c3ccc3ccccc34)C5(c3ccccc3)c3ccccc3)n2)cc1. The zero-order chi connectivity index (χ0) is 37.5. The first kappa shape index (κ1) is 32.1. The van der Waals surface area contributed by atoms with E-state index in [-0.39, 0.29) is 0 Å². The van der Waals surface area contributed by atoms with Crippen molar-refractivity contribution in [2.45, 2.75) is 5.41 Å². The Hall–Kier alpha value is -7.21. The second-order valence-electron chi connectivity index (χ2n) is 14.7. The normalized spacial score (nSPS) is 13.1. The lowest BCUT2D eigenvalue weighted by Crippen LogP contribution is -2.34. The number of aromatic nitrogens is 4. The second kappa shape index (κ2) is 12.4. The van der Waals surface area contributed by atoms with E-state index in [2.05, 4.69) is 162 Å². The Balaban J connectivity index is 1.20. The number of benzene rings is 8. The summed E-state index contributed by atoms with van der Waals surface area (Å²) in [5, 5.41) is 6.16. The third-order valence-corrected chi connectivity index (χ3v) is 13.0. The molecule has 0 fully saturated rings. The summed E-state index contributed by atoms with van der Waals surface area (Å²) >= 11 is 1.94. The molecular weight excluding hydrogens is 713 g/mol. The smallest absolute Gasteiger partial charge is 0.164 e. The van der Waals surface area contributed by atoms with Crippen LogP contribution in [0.1, 0.15) is 21.6 Å². The predicted octanol–water partition coefficient (Wildman–Crippen LogP) is 13.0. The molecule has 4 nitrogen and oxygen atoms in total. The summed E-state index contributed by atoms with van der Waals surface area (Å²) in [6.45, 7) is 0. The lowest BCUT2D eigenvalue weighted by atomic mass is 9.66. The summed E-state index contributed by atoms with van der Waals surface area (Å²) in [6, 6.07) is 69.6. The van der Waals surface area contributed by atoms with Gasteiger partial charge in [0.05, 0.1) is 22.1 Å². The van der Waals surface area contributed by atoms with Gasteiger partial charge in [-0.25, -0.2) is 15.0 Å². The van der Waals surface area contributed by atoms with Crippen LogP contribution in [0.5, 0.6) is 0 Å². The molecule has 3 aromatic heterocycles. The van der Waals surface area contributed by atoms with Gasteiger partial charge in [-0.05, 0) is 45.7 Å². The third kappa shape index (κ3) is 4.64. The van der Waals surface area contributed by atoms with Crippen LogP contribution < -0.4 is 0 Å². The summed E-state index contributed by atoms with van der Waals surface area (Å²) in [5.74, 6) is 1.95. The number of para-hydroxylation sites is 1. The molecule has 0 unspecified atom stereocenters. The van der Waals surface area contributed by atoms with Crippen LogP contribution in [0, 0.1) is 0 Å². The van der Waals surface area contributed by atoms with E-state index < -0.39 is 5.41 Å². The monoisotopic (exact) mass is 744 g/mol. The first-order valence-electron chi connectivity index (χ1n) is 19.3. The Labute approximate surface area is 333 Å². The number of nitrogens with zero attached hydrogens (tertiary/aromatic N) is 4. The summed E-state index contributed by atoms with van der Waals surface area (Å²) in [4.78, 5) is 16.5. The highest BCUT2D eigenvalue weighted by Gasteiger charge is 2.47. The molecule has 0 bridgehead atoms. The Kier molecular flexibility index (Phi) is 6.98. The van der Waals surface area contributed by atoms with Crippen molar-refractivity contribution in [3.05, 3.63) is 216 Å². The molecule has 0 atom stereocenters. The van der Waals surface area contributed by atoms with Gasteiger partial charge in [0.2, 0.25) is 0 Å². The molecule has 0 N–H and O–H groups in total. The van der Waals surface area contributed by atoms with E-state index in [9.17, 15) is 0 Å². The van der Waals surface area contributed by atoms with Gasteiger partial charge in [0.15, 0.2) is 17.5 Å². The van der Waals surface area contributed by atoms with Gasteiger partial charge in [-0.2, -0.15) is 0 Å². The van der Waals surface area contributed by atoms with Crippen molar-refractivity contribution in [1.82, 2.24) is 19.5 Å². The van der Waals surface area contributed by atoms with E-state index in [1.54, 1.807) is 0 Å². The molecule has 0 radical (unpaired) electrons. The zero-order valence-corrected chi connectivity index (χ0v) is 31.5. The lowest BCUT2D eigenvalue weighted by molar-refractivity contribution is 0.748. The molecule has 0 aliphatic carbocycles. The summed E-state index contributed by atoms with van der Waals surface area (Å²) in [5.41, 5.74) is 9.71. The van der Waals surface area contributed by atoms with Crippen LogP contribution in [0.2, 0.25) is 0 Å². The van der Waals surface area contributed by atoms with E-state index in [0.29, 0.717) is 17.5 Å². The van der Waals surface area contributed by atoms with Crippen molar-refractivity contribution < 1.29 is 0 Å². The molecule has 266 valence electrons. The zero-order valence-electron chi connectivity index (χ0n) is 30.7. The summed E-state index contributed by atoms with van der Waals surface area (Å²) in [6.07, 6.45) is 0. The minimum Gasteiger partial charge on any atom is -0.307 e. The fraction of sp³-hybridized carbons (Fsp3) is 0.0192. The summed E-state index contributed by atoms with van der Waals surface area (Å²) < 4.78 is 3.86. The molecule has 4 heterocycles. The van der Waals surface area contributed by atoms with Crippen LogP contribution in [0.15, 0.2) is 194 Å². The first-order chi connectivity index (χ1) is 28.3. The molecule has 57 heavy (non-hydrogen) atoms. The standard InChI is InChI=1S/C52H32N4S/c1-5-17-34(18-6-1)49-53-50(35-19-7-2-8-20-35)55-51(54-49)36-29-31-44-42(32-36)40-26-15-27-43-45(40)56(44)46-41-30-28-33-16-13-14-25-39(33)47(41)57-48(46)52(43,37-21-9-3-10-22-37)38-23-11-4-12-24-38/h1-32H. The Morgan fingerprint density at radius 3 is 1.63 bits per heavy atom. The van der Waals surface area contributed by atoms with E-state index in [0.717, 1.165) is 27.6 Å². The van der Waals surface area contributed by atoms with Crippen LogP contribution in [0.25, 0.3) is 82.5 Å². The van der Waals surface area contributed by atoms with Gasteiger partial charge in [-0.3, -0.25) is 0 Å². The van der Waals surface area contributed by atoms with Crippen LogP contribution in [0.4, 0.5) is 0 Å². The molecule has 0 spiro atoms. The van der Waals surface area contributed by atoms with Crippen molar-refractivity contribution >= 4 is 54.0 Å². The minimum absolute atomic E-state index is 0.557. The van der Waals surface area contributed by atoms with Gasteiger partial charge < -0.3 is 4.57 Å². The molecule has 11 aromatic rings. The highest BCUT2D eigenvalue weighted by atomic mass is 32.1. The van der Waals surface area contributed by atoms with E-state index in [1.807, 2.05) is 47.7 Å². The molecule has 1 aliphatic heterocycles. The van der Waals surface area contributed by atoms with E-state index >= 15 is 0 Å². The highest BCUT2D eigenvalue weighted by molar-refractivity contribution is 7.21. The number of rotatable bonds is 5. The average molecular weight is 745 g/mol. The quantitative estimate of drug-likeness (QED) is 0.176. The van der Waals surface area contributed by atoms with Crippen molar-refractivity contribution in [2.75, 3.05) is 0 Å². The predicted molar refractivity (Wildman–Crippen MR) is 235 cm³/mol. The maximum atomic E-state index is 5.12. The number of thiophene rings is 1. The van der Waals surface area contributed by atoms with Gasteiger partial charge in [0.1, 0.15) is 0 Å². The van der Waals surface area contributed by atoms with Crippen LogP contribution in [-0.4, -0.2) is 19.5 Å². The Morgan fingerprint density at radius 1 is 0.421 bits per heavy atom. The molecule has 5 heteroatoms. The number of hydrogen-bond donors (Lipinski definition) is 0. The number of hydrogen-bond acceptors (Lipinski definition) is 4. The topological polar surface area (TPSA) is 43.6 Å². The fourth-order valence-corrected chi connectivity index (χ4v) is 10.8. The van der Waals surface area contributed by atoms with Crippen LogP contribution in [-0.2, 0) is 5.41 Å². The van der Waals surface area contributed by atoms with Gasteiger partial charge in [0, 0.05) is 42.4 Å². The molecule has 8 aromatic carbocycles. The molecule has 0 amide bonds. The van der Waals surface area contributed by atoms with E-state index in [4.69, 9.17) is 15.0 Å². The molecule has 0 saturated carbocycles. The van der Waals surface area contributed by atoms with Gasteiger partial charge >= 0.3 is 0 Å². The van der Waals surface area contributed by atoms with Crippen molar-refractivity contribution in [3.63, 3.8) is 0 Å². The Bertz CT molecular complexity index is 3240. The summed E-state index contributed by atoms with van der Waals surface area (Å²) in [7, 11) is 0. The third-order valence-electron chi connectivity index (χ3n) is 11.7. The molecule has 0 saturated heterocycles. The Morgan fingerprint density at radius 2 is 0.982 bits per heavy atom. The van der Waals surface area contributed by atoms with Gasteiger partial charge in [0.25, 0.3) is 0 Å². The van der Waals surface area contributed by atoms with Gasteiger partial charge in [-0.1, -0.05) is 176 Å². The van der Waals surface area contributed by atoms with E-state index in [1.165, 1.54) is 59.0 Å². The lowest BCUT2D eigenvalue weighted by Gasteiger charge is -2.40. The van der Waals surface area contributed by atoms with Crippen LogP contribution >= 0.6 is 11.3 Å². The van der Waals surface area contributed by atoms with Crippen LogP contribution in [0.3, 0.4) is 0 Å². The minimum atomic E-state index is -0.557. The highest BCUT2D eigenvalue weighted by Crippen LogP contribution is 2.59. The largest absolute Gasteiger partial charge is 0.307 e. The molecule has 1 aliphatic rings. The number of fused-ring (bicyclic) bond motifs is 9. The maximum absolute atomic E-state index is 5.12. The molecular formula is C52H32N4S. The van der Waals surface area contributed by atoms with Crippen molar-refractivity contribution in [2.24, 2.45) is 0 Å². The van der Waals surface area contributed by atoms with Crippen molar-refractivity contribution in [3.8, 4) is 39.9 Å². The van der Waals surface area contributed by atoms with Crippen molar-refractivity contribution in [1.29, 1.82) is 0 Å². The fourth-order valence-electron chi connectivity index (χ4n) is 9.21. The second-order valence-corrected chi connectivity index (χ2v) is 15.8. The maximum Gasteiger partial charge on any atom is 0.164 e. The average Bonchev–Trinajstić information content (AvgIpc) is 3.85. The first-order valence-corrected chi connectivity index (χ1v) is 20.1. The van der Waals surface area contributed by atoms with Gasteiger partial charge in [-0.15, -0.1) is 11.3 Å².